The zero-order valence-electron chi connectivity index (χ0n) is 5.66. The second-order valence-electron chi connectivity index (χ2n) is 2.20. The molecule has 0 saturated carbocycles. The first kappa shape index (κ1) is 6.97. The van der Waals surface area contributed by atoms with Crippen LogP contribution in [0, 0.1) is 3.70 Å². The van der Waals surface area contributed by atoms with Crippen LogP contribution in [0.2, 0.25) is 0 Å². The first-order valence-electron chi connectivity index (χ1n) is 3.22. The number of fused-ring (bicyclic) bond motifs is 1. The molecule has 0 amide bonds. The number of hydrogen-bond donors (Lipinski definition) is 0. The molecule has 2 heterocycles. The third kappa shape index (κ3) is 1.20. The summed E-state index contributed by atoms with van der Waals surface area (Å²) < 4.78 is 1.01. The second-order valence-corrected chi connectivity index (χ2v) is 3.22. The number of halogens is 1. The Labute approximate surface area is 77.8 Å². The van der Waals surface area contributed by atoms with Crippen LogP contribution >= 0.6 is 22.6 Å². The highest BCUT2D eigenvalue weighted by molar-refractivity contribution is 14.1. The summed E-state index contributed by atoms with van der Waals surface area (Å²) in [4.78, 5) is 8.18. The lowest BCUT2D eigenvalue weighted by molar-refractivity contribution is 1.28. The summed E-state index contributed by atoms with van der Waals surface area (Å²) in [6.45, 7) is 0. The van der Waals surface area contributed by atoms with Crippen molar-refractivity contribution in [1.29, 1.82) is 0 Å². The van der Waals surface area contributed by atoms with Gasteiger partial charge in [-0.25, -0.2) is 4.98 Å². The number of aromatic nitrogens is 2. The van der Waals surface area contributed by atoms with Crippen molar-refractivity contribution in [3.05, 3.63) is 34.4 Å². The average molecular weight is 256 g/mol. The minimum absolute atomic E-state index is 1.01. The molecular formula is C8H5IN2. The molecule has 0 atom stereocenters. The quantitative estimate of drug-likeness (QED) is 0.533. The molecule has 3 heteroatoms. The molecule has 54 valence electrons. The van der Waals surface area contributed by atoms with Crippen molar-refractivity contribution >= 4 is 33.4 Å². The van der Waals surface area contributed by atoms with Gasteiger partial charge in [-0.15, -0.1) is 0 Å². The van der Waals surface area contributed by atoms with Crippen LogP contribution in [0.15, 0.2) is 30.7 Å². The summed E-state index contributed by atoms with van der Waals surface area (Å²) in [5, 5.41) is 2.31. The van der Waals surface area contributed by atoms with Crippen LogP contribution in [0.4, 0.5) is 0 Å². The van der Waals surface area contributed by atoms with Crippen LogP contribution in [-0.2, 0) is 0 Å². The molecule has 0 radical (unpaired) electrons. The molecule has 0 saturated heterocycles. The number of rotatable bonds is 0. The van der Waals surface area contributed by atoms with Gasteiger partial charge in [0.05, 0.1) is 0 Å². The van der Waals surface area contributed by atoms with E-state index in [4.69, 9.17) is 0 Å². The van der Waals surface area contributed by atoms with E-state index < -0.39 is 0 Å². The molecule has 11 heavy (non-hydrogen) atoms. The Balaban J connectivity index is 2.91. The van der Waals surface area contributed by atoms with E-state index in [2.05, 4.69) is 32.6 Å². The molecule has 0 aromatic carbocycles. The standard InChI is InChI=1S/C8H5IN2/c9-8-7-5-10-3-1-6(7)2-4-11-8/h1-5H. The van der Waals surface area contributed by atoms with Gasteiger partial charge in [-0.05, 0) is 40.1 Å². The van der Waals surface area contributed by atoms with E-state index in [1.807, 2.05) is 24.5 Å². The maximum atomic E-state index is 4.15. The highest BCUT2D eigenvalue weighted by Gasteiger charge is 1.95. The van der Waals surface area contributed by atoms with Gasteiger partial charge in [-0.2, -0.15) is 0 Å². The monoisotopic (exact) mass is 256 g/mol. The molecule has 0 aliphatic carbocycles. The Morgan fingerprint density at radius 3 is 2.82 bits per heavy atom. The second kappa shape index (κ2) is 2.73. The van der Waals surface area contributed by atoms with Crippen LogP contribution < -0.4 is 0 Å². The van der Waals surface area contributed by atoms with Gasteiger partial charge in [0.15, 0.2) is 0 Å². The van der Waals surface area contributed by atoms with Crippen LogP contribution in [-0.4, -0.2) is 9.97 Å². The molecule has 0 fully saturated rings. The van der Waals surface area contributed by atoms with E-state index >= 15 is 0 Å². The van der Waals surface area contributed by atoms with Gasteiger partial charge in [0.25, 0.3) is 0 Å². The Morgan fingerprint density at radius 2 is 2.00 bits per heavy atom. The summed E-state index contributed by atoms with van der Waals surface area (Å²) in [7, 11) is 0. The van der Waals surface area contributed by atoms with Crippen LogP contribution in [0.3, 0.4) is 0 Å². The molecule has 2 rings (SSSR count). The largest absolute Gasteiger partial charge is 0.264 e. The minimum Gasteiger partial charge on any atom is -0.264 e. The minimum atomic E-state index is 1.01. The Hall–Kier alpha value is -0.710. The van der Waals surface area contributed by atoms with Crippen molar-refractivity contribution in [3.8, 4) is 0 Å². The van der Waals surface area contributed by atoms with Gasteiger partial charge in [0.2, 0.25) is 0 Å². The van der Waals surface area contributed by atoms with Crippen molar-refractivity contribution in [2.24, 2.45) is 0 Å². The normalized spacial score (nSPS) is 10.3. The van der Waals surface area contributed by atoms with Gasteiger partial charge < -0.3 is 0 Å². The van der Waals surface area contributed by atoms with E-state index in [1.54, 1.807) is 6.20 Å². The predicted molar refractivity (Wildman–Crippen MR) is 52.3 cm³/mol. The average Bonchev–Trinajstić information content (AvgIpc) is 2.06. The van der Waals surface area contributed by atoms with Gasteiger partial charge >= 0.3 is 0 Å². The summed E-state index contributed by atoms with van der Waals surface area (Å²) >= 11 is 2.21. The molecule has 0 aliphatic heterocycles. The fourth-order valence-corrected chi connectivity index (χ4v) is 1.59. The lowest BCUT2D eigenvalue weighted by atomic mass is 10.2. The number of hydrogen-bond acceptors (Lipinski definition) is 2. The Bertz CT molecular complexity index is 381. The molecule has 2 nitrogen and oxygen atoms in total. The third-order valence-electron chi connectivity index (χ3n) is 1.52. The summed E-state index contributed by atoms with van der Waals surface area (Å²) in [5.41, 5.74) is 0. The van der Waals surface area contributed by atoms with Crippen molar-refractivity contribution in [3.63, 3.8) is 0 Å². The zero-order chi connectivity index (χ0) is 7.68. The van der Waals surface area contributed by atoms with E-state index in [0.717, 1.165) is 9.09 Å². The van der Waals surface area contributed by atoms with Gasteiger partial charge in [-0.3, -0.25) is 4.98 Å². The summed E-state index contributed by atoms with van der Waals surface area (Å²) in [6.07, 6.45) is 5.44. The first-order valence-corrected chi connectivity index (χ1v) is 4.30. The predicted octanol–water partition coefficient (Wildman–Crippen LogP) is 2.23. The van der Waals surface area contributed by atoms with Gasteiger partial charge in [0.1, 0.15) is 3.70 Å². The fourth-order valence-electron chi connectivity index (χ4n) is 0.975. The third-order valence-corrected chi connectivity index (χ3v) is 2.38. The van der Waals surface area contributed by atoms with E-state index in [-0.39, 0.29) is 0 Å². The first-order chi connectivity index (χ1) is 5.38. The number of nitrogens with zero attached hydrogens (tertiary/aromatic N) is 2. The number of pyridine rings is 2. The molecule has 0 aliphatic rings. The summed E-state index contributed by atoms with van der Waals surface area (Å²) in [5.74, 6) is 0. The van der Waals surface area contributed by atoms with Crippen molar-refractivity contribution in [1.82, 2.24) is 9.97 Å². The SMILES string of the molecule is Ic1nccc2ccncc12. The Morgan fingerprint density at radius 1 is 1.18 bits per heavy atom. The van der Waals surface area contributed by atoms with E-state index in [1.165, 1.54) is 5.39 Å². The molecule has 0 spiro atoms. The molecule has 0 bridgehead atoms. The van der Waals surface area contributed by atoms with Gasteiger partial charge in [-0.1, -0.05) is 0 Å². The van der Waals surface area contributed by atoms with Crippen molar-refractivity contribution in [2.75, 3.05) is 0 Å². The molecular weight excluding hydrogens is 251 g/mol. The van der Waals surface area contributed by atoms with E-state index in [0.29, 0.717) is 0 Å². The lowest BCUT2D eigenvalue weighted by Crippen LogP contribution is -1.82. The van der Waals surface area contributed by atoms with Crippen molar-refractivity contribution in [2.45, 2.75) is 0 Å². The lowest BCUT2D eigenvalue weighted by Gasteiger charge is -1.96. The highest BCUT2D eigenvalue weighted by atomic mass is 127. The Kier molecular flexibility index (Phi) is 1.73. The smallest absolute Gasteiger partial charge is 0.110 e. The van der Waals surface area contributed by atoms with E-state index in [9.17, 15) is 0 Å². The molecule has 2 aromatic heterocycles. The van der Waals surface area contributed by atoms with Crippen molar-refractivity contribution < 1.29 is 0 Å². The maximum Gasteiger partial charge on any atom is 0.110 e. The molecule has 0 unspecified atom stereocenters. The topological polar surface area (TPSA) is 25.8 Å². The maximum absolute atomic E-state index is 4.15. The zero-order valence-corrected chi connectivity index (χ0v) is 7.82. The summed E-state index contributed by atoms with van der Waals surface area (Å²) in [6, 6.07) is 3.97. The molecule has 0 N–H and O–H groups in total. The van der Waals surface area contributed by atoms with Gasteiger partial charge in [0, 0.05) is 24.0 Å². The molecule has 2 aromatic rings. The highest BCUT2D eigenvalue weighted by Crippen LogP contribution is 2.15. The fraction of sp³-hybridized carbons (Fsp3) is 0. The van der Waals surface area contributed by atoms with Crippen LogP contribution in [0.1, 0.15) is 0 Å². The van der Waals surface area contributed by atoms with Crippen LogP contribution in [0.25, 0.3) is 10.8 Å². The van der Waals surface area contributed by atoms with Crippen LogP contribution in [0.5, 0.6) is 0 Å².